The van der Waals surface area contributed by atoms with Crippen LogP contribution in [0, 0.1) is 0 Å². The maximum atomic E-state index is 5.20. The monoisotopic (exact) mass is 154 g/mol. The molecule has 0 bridgehead atoms. The van der Waals surface area contributed by atoms with E-state index in [2.05, 4.69) is 10.5 Å². The quantitative estimate of drug-likeness (QED) is 0.513. The second-order valence-corrected chi connectivity index (χ2v) is 1.90. The van der Waals surface area contributed by atoms with Gasteiger partial charge in [0.05, 0.1) is 5.69 Å². The molecular formula is C7H7ClN2. The van der Waals surface area contributed by atoms with Gasteiger partial charge >= 0.3 is 0 Å². The first kappa shape index (κ1) is 7.09. The molecular weight excluding hydrogens is 148 g/mol. The first-order chi connectivity index (χ1) is 4.93. The van der Waals surface area contributed by atoms with E-state index >= 15 is 0 Å². The van der Waals surface area contributed by atoms with Gasteiger partial charge < -0.3 is 0 Å². The van der Waals surface area contributed by atoms with Crippen LogP contribution in [0.25, 0.3) is 0 Å². The highest BCUT2D eigenvalue weighted by Gasteiger charge is 1.81. The van der Waals surface area contributed by atoms with E-state index in [9.17, 15) is 0 Å². The molecule has 0 spiro atoms. The number of nitrogens with zero attached hydrogens (tertiary/aromatic N) is 1. The molecule has 0 fully saturated rings. The molecule has 0 heterocycles. The number of hydrogen-bond acceptors (Lipinski definition) is 2. The lowest BCUT2D eigenvalue weighted by Crippen LogP contribution is -1.84. The van der Waals surface area contributed by atoms with E-state index < -0.39 is 0 Å². The largest absolute Gasteiger partial charge is 0.278 e. The van der Waals surface area contributed by atoms with Gasteiger partial charge in [-0.05, 0) is 12.1 Å². The molecule has 0 unspecified atom stereocenters. The van der Waals surface area contributed by atoms with Gasteiger partial charge in [-0.2, -0.15) is 5.10 Å². The van der Waals surface area contributed by atoms with E-state index in [1.54, 1.807) is 0 Å². The summed E-state index contributed by atoms with van der Waals surface area (Å²) in [7, 11) is 0. The van der Waals surface area contributed by atoms with Crippen LogP contribution < -0.4 is 5.43 Å². The van der Waals surface area contributed by atoms with Crippen LogP contribution in [0.2, 0.25) is 0 Å². The minimum Gasteiger partial charge on any atom is -0.278 e. The summed E-state index contributed by atoms with van der Waals surface area (Å²) >= 11 is 5.20. The van der Waals surface area contributed by atoms with Crippen LogP contribution >= 0.6 is 11.6 Å². The van der Waals surface area contributed by atoms with Crippen molar-refractivity contribution in [2.75, 3.05) is 5.43 Å². The van der Waals surface area contributed by atoms with Crippen molar-refractivity contribution in [1.82, 2.24) is 0 Å². The zero-order valence-electron chi connectivity index (χ0n) is 5.29. The second-order valence-electron chi connectivity index (χ2n) is 1.70. The number of anilines is 1. The summed E-state index contributed by atoms with van der Waals surface area (Å²) < 4.78 is 0. The van der Waals surface area contributed by atoms with Gasteiger partial charge in [-0.3, -0.25) is 5.43 Å². The first-order valence-electron chi connectivity index (χ1n) is 2.86. The first-order valence-corrected chi connectivity index (χ1v) is 3.30. The Balaban J connectivity index is 2.59. The molecule has 1 aromatic carbocycles. The zero-order chi connectivity index (χ0) is 7.23. The third kappa shape index (κ3) is 2.07. The van der Waals surface area contributed by atoms with E-state index in [0.717, 1.165) is 5.69 Å². The van der Waals surface area contributed by atoms with Crippen LogP contribution in [0.4, 0.5) is 5.69 Å². The van der Waals surface area contributed by atoms with Gasteiger partial charge in [-0.25, -0.2) is 0 Å². The van der Waals surface area contributed by atoms with Crippen molar-refractivity contribution in [2.45, 2.75) is 0 Å². The van der Waals surface area contributed by atoms with Crippen LogP contribution in [0.5, 0.6) is 0 Å². The highest BCUT2D eigenvalue weighted by atomic mass is 35.5. The second kappa shape index (κ2) is 3.90. The molecule has 0 aliphatic carbocycles. The van der Waals surface area contributed by atoms with Crippen molar-refractivity contribution in [1.29, 1.82) is 0 Å². The molecule has 0 aromatic heterocycles. The van der Waals surface area contributed by atoms with Gasteiger partial charge in [-0.15, -0.1) is 0 Å². The van der Waals surface area contributed by atoms with E-state index in [4.69, 9.17) is 11.6 Å². The van der Waals surface area contributed by atoms with Crippen molar-refractivity contribution < 1.29 is 0 Å². The molecule has 1 aromatic rings. The fraction of sp³-hybridized carbons (Fsp3) is 0. The van der Waals surface area contributed by atoms with Gasteiger partial charge in [0.15, 0.2) is 0 Å². The molecule has 3 heteroatoms. The Morgan fingerprint density at radius 1 is 1.30 bits per heavy atom. The van der Waals surface area contributed by atoms with Crippen molar-refractivity contribution in [3.63, 3.8) is 0 Å². The Labute approximate surface area is 64.5 Å². The molecule has 2 nitrogen and oxygen atoms in total. The number of benzene rings is 1. The van der Waals surface area contributed by atoms with Crippen molar-refractivity contribution in [2.24, 2.45) is 5.10 Å². The van der Waals surface area contributed by atoms with Crippen molar-refractivity contribution in [3.8, 4) is 0 Å². The number of hydrogen-bond donors (Lipinski definition) is 1. The standard InChI is InChI=1S/C7H7ClN2/c8-6-9-10-7-4-2-1-3-5-7/h1-6,10H. The molecule has 0 saturated carbocycles. The van der Waals surface area contributed by atoms with Crippen molar-refractivity contribution in [3.05, 3.63) is 30.3 Å². The minimum absolute atomic E-state index is 0.930. The van der Waals surface area contributed by atoms with Crippen LogP contribution in [0.3, 0.4) is 0 Å². The van der Waals surface area contributed by atoms with E-state index in [0.29, 0.717) is 0 Å². The lowest BCUT2D eigenvalue weighted by atomic mass is 10.3. The van der Waals surface area contributed by atoms with Crippen LogP contribution in [0.15, 0.2) is 35.4 Å². The average Bonchev–Trinajstić information content (AvgIpc) is 2.03. The molecule has 1 rings (SSSR count). The number of nitrogens with one attached hydrogen (secondary N) is 1. The fourth-order valence-corrected chi connectivity index (χ4v) is 0.660. The fourth-order valence-electron chi connectivity index (χ4n) is 0.612. The summed E-state index contributed by atoms with van der Waals surface area (Å²) in [6.07, 6.45) is 0. The third-order valence-corrected chi connectivity index (χ3v) is 1.11. The minimum atomic E-state index is 0.930. The normalized spacial score (nSPS) is 10.1. The predicted molar refractivity (Wildman–Crippen MR) is 44.4 cm³/mol. The molecule has 10 heavy (non-hydrogen) atoms. The number of rotatable bonds is 2. The van der Waals surface area contributed by atoms with E-state index in [-0.39, 0.29) is 0 Å². The van der Waals surface area contributed by atoms with Crippen LogP contribution in [-0.4, -0.2) is 5.67 Å². The number of para-hydroxylation sites is 1. The molecule has 0 saturated heterocycles. The molecule has 1 N–H and O–H groups in total. The summed E-state index contributed by atoms with van der Waals surface area (Å²) in [5, 5.41) is 3.63. The summed E-state index contributed by atoms with van der Waals surface area (Å²) in [5.74, 6) is 0. The van der Waals surface area contributed by atoms with Gasteiger partial charge in [0.2, 0.25) is 0 Å². The Kier molecular flexibility index (Phi) is 2.77. The predicted octanol–water partition coefficient (Wildman–Crippen LogP) is 2.28. The summed E-state index contributed by atoms with van der Waals surface area (Å²) in [5.41, 5.74) is 4.85. The number of halogens is 1. The Bertz CT molecular complexity index is 208. The average molecular weight is 155 g/mol. The number of hydrazone groups is 1. The SMILES string of the molecule is ClC=NNc1ccccc1. The molecule has 0 aliphatic rings. The molecule has 0 radical (unpaired) electrons. The van der Waals surface area contributed by atoms with E-state index in [1.165, 1.54) is 5.67 Å². The third-order valence-electron chi connectivity index (χ3n) is 1.02. The lowest BCUT2D eigenvalue weighted by Gasteiger charge is -1.95. The molecule has 0 aliphatic heterocycles. The van der Waals surface area contributed by atoms with Crippen LogP contribution in [-0.2, 0) is 0 Å². The van der Waals surface area contributed by atoms with Gasteiger partial charge in [-0.1, -0.05) is 29.8 Å². The maximum Gasteiger partial charge on any atom is 0.113 e. The maximum absolute atomic E-state index is 5.20. The van der Waals surface area contributed by atoms with Crippen molar-refractivity contribution >= 4 is 23.0 Å². The smallest absolute Gasteiger partial charge is 0.113 e. The Morgan fingerprint density at radius 2 is 2.00 bits per heavy atom. The zero-order valence-corrected chi connectivity index (χ0v) is 6.05. The van der Waals surface area contributed by atoms with E-state index in [1.807, 2.05) is 30.3 Å². The molecule has 0 amide bonds. The Hall–Kier alpha value is -1.02. The highest BCUT2D eigenvalue weighted by Crippen LogP contribution is 2.03. The molecule has 0 atom stereocenters. The van der Waals surface area contributed by atoms with Gasteiger partial charge in [0.1, 0.15) is 5.67 Å². The Morgan fingerprint density at radius 3 is 2.60 bits per heavy atom. The van der Waals surface area contributed by atoms with Gasteiger partial charge in [0, 0.05) is 0 Å². The lowest BCUT2D eigenvalue weighted by molar-refractivity contribution is 1.36. The summed E-state index contributed by atoms with van der Waals surface area (Å²) in [6, 6.07) is 9.60. The molecule has 52 valence electrons. The topological polar surface area (TPSA) is 24.4 Å². The highest BCUT2D eigenvalue weighted by molar-refractivity contribution is 6.56. The summed E-state index contributed by atoms with van der Waals surface area (Å²) in [4.78, 5) is 0. The van der Waals surface area contributed by atoms with Crippen LogP contribution in [0.1, 0.15) is 0 Å². The summed E-state index contributed by atoms with van der Waals surface area (Å²) in [6.45, 7) is 0. The van der Waals surface area contributed by atoms with Gasteiger partial charge in [0.25, 0.3) is 0 Å².